The first-order chi connectivity index (χ1) is 16.0. The number of alkyl halides is 3. The summed E-state index contributed by atoms with van der Waals surface area (Å²) in [5, 5.41) is 13.8. The van der Waals surface area contributed by atoms with Crippen LogP contribution in [0.25, 0.3) is 11.1 Å². The maximum absolute atomic E-state index is 12.6. The second kappa shape index (κ2) is 10.2. The number of carbonyl (C=O) groups excluding carboxylic acids is 1. The Kier molecular flexibility index (Phi) is 7.58. The highest BCUT2D eigenvalue weighted by atomic mass is 32.2. The Morgan fingerprint density at radius 1 is 1.24 bits per heavy atom. The molecule has 0 atom stereocenters. The zero-order valence-corrected chi connectivity index (χ0v) is 19.4. The molecule has 0 saturated heterocycles. The molecule has 2 heterocycles. The van der Waals surface area contributed by atoms with Gasteiger partial charge in [0.1, 0.15) is 6.07 Å². The first kappa shape index (κ1) is 25.2. The van der Waals surface area contributed by atoms with Crippen molar-refractivity contribution in [2.24, 2.45) is 0 Å². The Bertz CT molecular complexity index is 1330. The lowest BCUT2D eigenvalue weighted by atomic mass is 10.1. The van der Waals surface area contributed by atoms with Gasteiger partial charge < -0.3 is 10.1 Å². The molecule has 1 N–H and O–H groups in total. The van der Waals surface area contributed by atoms with Crippen molar-refractivity contribution in [1.82, 2.24) is 4.98 Å². The molecule has 3 rings (SSSR count). The highest BCUT2D eigenvalue weighted by Crippen LogP contribution is 2.35. The minimum atomic E-state index is -4.56. The molecule has 7 nitrogen and oxygen atoms in total. The molecule has 0 bridgehead atoms. The van der Waals surface area contributed by atoms with E-state index in [1.165, 1.54) is 24.3 Å². The average molecular weight is 510 g/mol. The number of rotatable bonds is 8. The van der Waals surface area contributed by atoms with Crippen LogP contribution in [0, 0.1) is 11.3 Å². The van der Waals surface area contributed by atoms with E-state index >= 15 is 0 Å². The maximum Gasteiger partial charge on any atom is 0.422 e. The molecule has 3 aromatic rings. The number of pyridine rings is 1. The summed E-state index contributed by atoms with van der Waals surface area (Å²) in [5.41, 5.74) is 1.36. The van der Waals surface area contributed by atoms with Gasteiger partial charge in [-0.1, -0.05) is 19.1 Å². The van der Waals surface area contributed by atoms with Gasteiger partial charge in [0.2, 0.25) is 11.8 Å². The molecule has 0 aliphatic heterocycles. The van der Waals surface area contributed by atoms with E-state index < -0.39 is 22.6 Å². The number of thiophene rings is 1. The second-order valence-electron chi connectivity index (χ2n) is 7.06. The number of hydrogen-bond acceptors (Lipinski definition) is 7. The Hall–Kier alpha value is -3.43. The Morgan fingerprint density at radius 3 is 2.56 bits per heavy atom. The minimum absolute atomic E-state index is 0.00883. The lowest BCUT2D eigenvalue weighted by Gasteiger charge is -2.11. The zero-order chi connectivity index (χ0) is 24.9. The molecule has 2 aromatic heterocycles. The lowest BCUT2D eigenvalue weighted by molar-refractivity contribution is -0.154. The molecule has 12 heteroatoms. The van der Waals surface area contributed by atoms with Crippen molar-refractivity contribution >= 4 is 32.1 Å². The van der Waals surface area contributed by atoms with Crippen LogP contribution < -0.4 is 10.1 Å². The lowest BCUT2D eigenvalue weighted by Crippen LogP contribution is -2.20. The quantitative estimate of drug-likeness (QED) is 0.476. The van der Waals surface area contributed by atoms with Crippen molar-refractivity contribution < 1.29 is 31.1 Å². The van der Waals surface area contributed by atoms with Crippen molar-refractivity contribution in [2.75, 3.05) is 17.7 Å². The van der Waals surface area contributed by atoms with Crippen molar-refractivity contribution in [2.45, 2.75) is 24.4 Å². The molecule has 178 valence electrons. The number of nitriles is 1. The van der Waals surface area contributed by atoms with E-state index in [9.17, 15) is 26.4 Å². The van der Waals surface area contributed by atoms with Crippen LogP contribution in [-0.4, -0.2) is 37.8 Å². The second-order valence-corrected chi connectivity index (χ2v) is 10.3. The van der Waals surface area contributed by atoms with Crippen molar-refractivity contribution in [3.8, 4) is 23.1 Å². The van der Waals surface area contributed by atoms with Crippen LogP contribution >= 0.6 is 11.3 Å². The number of benzene rings is 1. The summed E-state index contributed by atoms with van der Waals surface area (Å²) in [6.07, 6.45) is -3.45. The maximum atomic E-state index is 12.6. The molecule has 0 spiro atoms. The van der Waals surface area contributed by atoms with Crippen molar-refractivity contribution in [1.29, 1.82) is 5.26 Å². The Labute approximate surface area is 197 Å². The van der Waals surface area contributed by atoms with Crippen LogP contribution in [0.2, 0.25) is 0 Å². The number of amides is 1. The van der Waals surface area contributed by atoms with E-state index in [4.69, 9.17) is 10.00 Å². The summed E-state index contributed by atoms with van der Waals surface area (Å²) in [4.78, 5) is 16.4. The zero-order valence-electron chi connectivity index (χ0n) is 17.7. The molecule has 0 fully saturated rings. The first-order valence-electron chi connectivity index (χ1n) is 9.81. The topological polar surface area (TPSA) is 109 Å². The van der Waals surface area contributed by atoms with Gasteiger partial charge in [-0.2, -0.15) is 18.4 Å². The standard InChI is InChI=1S/C22H18F3N3O4S2/c1-2-34(30,31)17-5-3-14(4-6-17)8-19(29)28-20-9-16(12-33-20)18-7-15(10-26)11-27-21(18)32-13-22(23,24)25/h3-7,9,11-12H,2,8,13H2,1H3,(H,28,29). The third kappa shape index (κ3) is 6.55. The number of aromatic nitrogens is 1. The summed E-state index contributed by atoms with van der Waals surface area (Å²) < 4.78 is 66.3. The fourth-order valence-electron chi connectivity index (χ4n) is 2.88. The largest absolute Gasteiger partial charge is 0.468 e. The SMILES string of the molecule is CCS(=O)(=O)c1ccc(CC(=O)Nc2cc(-c3cc(C#N)cnc3OCC(F)(F)F)cs2)cc1. The van der Waals surface area contributed by atoms with Gasteiger partial charge in [-0.25, -0.2) is 13.4 Å². The summed E-state index contributed by atoms with van der Waals surface area (Å²) in [6, 6.07) is 10.8. The molecule has 0 aliphatic carbocycles. The number of ether oxygens (including phenoxy) is 1. The number of hydrogen-bond donors (Lipinski definition) is 1. The van der Waals surface area contributed by atoms with Crippen LogP contribution in [0.4, 0.5) is 18.2 Å². The normalized spacial score (nSPS) is 11.6. The number of carbonyl (C=O) groups is 1. The van der Waals surface area contributed by atoms with E-state index in [0.717, 1.165) is 17.5 Å². The van der Waals surface area contributed by atoms with Gasteiger partial charge in [0.15, 0.2) is 16.4 Å². The molecular weight excluding hydrogens is 491 g/mol. The fourth-order valence-corrected chi connectivity index (χ4v) is 4.58. The average Bonchev–Trinajstić information content (AvgIpc) is 3.25. The fraction of sp³-hybridized carbons (Fsp3) is 0.227. The molecule has 0 saturated carbocycles. The van der Waals surface area contributed by atoms with Crippen LogP contribution in [0.1, 0.15) is 18.1 Å². The van der Waals surface area contributed by atoms with E-state index in [0.29, 0.717) is 16.1 Å². The predicted molar refractivity (Wildman–Crippen MR) is 120 cm³/mol. The van der Waals surface area contributed by atoms with Crippen LogP contribution in [0.3, 0.4) is 0 Å². The third-order valence-electron chi connectivity index (χ3n) is 4.55. The smallest absolute Gasteiger partial charge is 0.422 e. The van der Waals surface area contributed by atoms with Gasteiger partial charge in [-0.15, -0.1) is 11.3 Å². The van der Waals surface area contributed by atoms with Gasteiger partial charge in [0, 0.05) is 17.1 Å². The van der Waals surface area contributed by atoms with E-state index in [1.807, 2.05) is 6.07 Å². The Balaban J connectivity index is 1.73. The first-order valence-corrected chi connectivity index (χ1v) is 12.3. The summed E-state index contributed by atoms with van der Waals surface area (Å²) in [5.74, 6) is -0.672. The summed E-state index contributed by atoms with van der Waals surface area (Å²) in [7, 11) is -3.33. The van der Waals surface area contributed by atoms with Crippen LogP contribution in [0.15, 0.2) is 52.9 Å². The number of nitrogens with zero attached hydrogens (tertiary/aromatic N) is 2. The molecule has 1 aromatic carbocycles. The monoisotopic (exact) mass is 509 g/mol. The van der Waals surface area contributed by atoms with Gasteiger partial charge in [0.25, 0.3) is 0 Å². The van der Waals surface area contributed by atoms with Crippen LogP contribution in [-0.2, 0) is 21.1 Å². The molecule has 0 unspecified atom stereocenters. The predicted octanol–water partition coefficient (Wildman–Crippen LogP) is 4.60. The minimum Gasteiger partial charge on any atom is -0.468 e. The highest BCUT2D eigenvalue weighted by molar-refractivity contribution is 7.91. The van der Waals surface area contributed by atoms with Gasteiger partial charge in [-0.05, 0) is 35.4 Å². The number of halogens is 3. The molecule has 34 heavy (non-hydrogen) atoms. The number of nitrogens with one attached hydrogen (secondary N) is 1. The molecular formula is C22H18F3N3O4S2. The Morgan fingerprint density at radius 2 is 1.94 bits per heavy atom. The van der Waals surface area contributed by atoms with Crippen LogP contribution in [0.5, 0.6) is 5.88 Å². The van der Waals surface area contributed by atoms with Gasteiger partial charge >= 0.3 is 6.18 Å². The molecule has 1 amide bonds. The van der Waals surface area contributed by atoms with E-state index in [-0.39, 0.29) is 40.0 Å². The van der Waals surface area contributed by atoms with Gasteiger partial charge in [0.05, 0.1) is 27.6 Å². The van der Waals surface area contributed by atoms with Crippen molar-refractivity contribution in [3.63, 3.8) is 0 Å². The van der Waals surface area contributed by atoms with Gasteiger partial charge in [-0.3, -0.25) is 4.79 Å². The third-order valence-corrected chi connectivity index (χ3v) is 7.15. The summed E-state index contributed by atoms with van der Waals surface area (Å²) >= 11 is 1.14. The van der Waals surface area contributed by atoms with E-state index in [2.05, 4.69) is 10.3 Å². The number of sulfone groups is 1. The van der Waals surface area contributed by atoms with Crippen molar-refractivity contribution in [3.05, 3.63) is 59.1 Å². The number of anilines is 1. The molecule has 0 aliphatic rings. The molecule has 0 radical (unpaired) electrons. The van der Waals surface area contributed by atoms with E-state index in [1.54, 1.807) is 24.4 Å². The highest BCUT2D eigenvalue weighted by Gasteiger charge is 2.29. The summed E-state index contributed by atoms with van der Waals surface area (Å²) in [6.45, 7) is 0.00892.